The first-order valence-electron chi connectivity index (χ1n) is 7.89. The molecule has 3 unspecified atom stereocenters. The van der Waals surface area contributed by atoms with Gasteiger partial charge in [0.2, 0.25) is 0 Å². The molecule has 5 heteroatoms. The number of nitrogens with one attached hydrogen (secondary N) is 1. The van der Waals surface area contributed by atoms with Crippen LogP contribution in [0.3, 0.4) is 0 Å². The fourth-order valence-corrected chi connectivity index (χ4v) is 3.74. The molecule has 0 bridgehead atoms. The maximum atomic E-state index is 10.7. The van der Waals surface area contributed by atoms with Crippen molar-refractivity contribution < 1.29 is 4.92 Å². The first kappa shape index (κ1) is 14.5. The van der Waals surface area contributed by atoms with Crippen LogP contribution in [-0.2, 0) is 0 Å². The number of nitro benzene ring substituents is 1. The van der Waals surface area contributed by atoms with Crippen molar-refractivity contribution in [3.05, 3.63) is 39.9 Å². The van der Waals surface area contributed by atoms with Gasteiger partial charge >= 0.3 is 0 Å². The van der Waals surface area contributed by atoms with Gasteiger partial charge in [0.05, 0.1) is 4.92 Å². The fourth-order valence-electron chi connectivity index (χ4n) is 3.74. The van der Waals surface area contributed by atoms with Crippen molar-refractivity contribution in [2.45, 2.75) is 50.7 Å². The van der Waals surface area contributed by atoms with E-state index in [1.807, 2.05) is 12.1 Å². The molecule has 3 rings (SSSR count). The monoisotopic (exact) mass is 289 g/mol. The average Bonchev–Trinajstić information content (AvgIpc) is 2.91. The SMILES string of the molecule is CC(NC1CCN2CCCCC12)c1ccc([N+](=O)[O-])cc1. The van der Waals surface area contributed by atoms with E-state index >= 15 is 0 Å². The van der Waals surface area contributed by atoms with Crippen LogP contribution < -0.4 is 5.32 Å². The molecule has 114 valence electrons. The van der Waals surface area contributed by atoms with Gasteiger partial charge in [-0.1, -0.05) is 18.6 Å². The molecule has 0 aromatic heterocycles. The topological polar surface area (TPSA) is 58.4 Å². The Balaban J connectivity index is 1.63. The Morgan fingerprint density at radius 1 is 1.24 bits per heavy atom. The van der Waals surface area contributed by atoms with Crippen molar-refractivity contribution >= 4 is 5.69 Å². The third-order valence-electron chi connectivity index (χ3n) is 4.92. The fraction of sp³-hybridized carbons (Fsp3) is 0.625. The van der Waals surface area contributed by atoms with E-state index in [0.717, 1.165) is 5.56 Å². The van der Waals surface area contributed by atoms with Crippen molar-refractivity contribution in [2.24, 2.45) is 0 Å². The molecule has 0 radical (unpaired) electrons. The summed E-state index contributed by atoms with van der Waals surface area (Å²) < 4.78 is 0. The molecule has 21 heavy (non-hydrogen) atoms. The van der Waals surface area contributed by atoms with Crippen LogP contribution in [0.15, 0.2) is 24.3 Å². The summed E-state index contributed by atoms with van der Waals surface area (Å²) in [7, 11) is 0. The second-order valence-electron chi connectivity index (χ2n) is 6.23. The van der Waals surface area contributed by atoms with Gasteiger partial charge in [-0.3, -0.25) is 15.0 Å². The molecule has 2 saturated heterocycles. The molecule has 0 aliphatic carbocycles. The van der Waals surface area contributed by atoms with E-state index in [1.165, 1.54) is 38.8 Å². The lowest BCUT2D eigenvalue weighted by molar-refractivity contribution is -0.384. The molecule has 3 atom stereocenters. The zero-order valence-electron chi connectivity index (χ0n) is 12.5. The van der Waals surface area contributed by atoms with E-state index < -0.39 is 0 Å². The molecule has 2 heterocycles. The van der Waals surface area contributed by atoms with Gasteiger partial charge in [0.15, 0.2) is 0 Å². The van der Waals surface area contributed by atoms with E-state index in [4.69, 9.17) is 0 Å². The van der Waals surface area contributed by atoms with Crippen LogP contribution >= 0.6 is 0 Å². The molecule has 0 saturated carbocycles. The molecule has 1 aromatic carbocycles. The maximum Gasteiger partial charge on any atom is 0.269 e. The van der Waals surface area contributed by atoms with Gasteiger partial charge in [-0.05, 0) is 38.3 Å². The van der Waals surface area contributed by atoms with Crippen LogP contribution in [0.5, 0.6) is 0 Å². The first-order chi connectivity index (χ1) is 10.1. The smallest absolute Gasteiger partial charge is 0.269 e. The minimum Gasteiger partial charge on any atom is -0.306 e. The second kappa shape index (κ2) is 6.12. The normalized spacial score (nSPS) is 27.3. The summed E-state index contributed by atoms with van der Waals surface area (Å²) in [4.78, 5) is 13.0. The lowest BCUT2D eigenvalue weighted by Gasteiger charge is -2.33. The van der Waals surface area contributed by atoms with Gasteiger partial charge in [-0.15, -0.1) is 0 Å². The summed E-state index contributed by atoms with van der Waals surface area (Å²) >= 11 is 0. The van der Waals surface area contributed by atoms with Crippen molar-refractivity contribution in [3.63, 3.8) is 0 Å². The third-order valence-corrected chi connectivity index (χ3v) is 4.92. The highest BCUT2D eigenvalue weighted by Gasteiger charge is 2.35. The molecule has 0 amide bonds. The van der Waals surface area contributed by atoms with Gasteiger partial charge < -0.3 is 5.32 Å². The zero-order valence-corrected chi connectivity index (χ0v) is 12.5. The highest BCUT2D eigenvalue weighted by atomic mass is 16.6. The van der Waals surface area contributed by atoms with Crippen molar-refractivity contribution in [1.82, 2.24) is 10.2 Å². The Morgan fingerprint density at radius 2 is 2.00 bits per heavy atom. The molecular formula is C16H23N3O2. The number of fused-ring (bicyclic) bond motifs is 1. The quantitative estimate of drug-likeness (QED) is 0.684. The number of piperidine rings is 1. The summed E-state index contributed by atoms with van der Waals surface area (Å²) in [6, 6.07) is 8.38. The van der Waals surface area contributed by atoms with Crippen molar-refractivity contribution in [1.29, 1.82) is 0 Å². The Bertz CT molecular complexity index is 503. The number of hydrogen-bond acceptors (Lipinski definition) is 4. The zero-order chi connectivity index (χ0) is 14.8. The Hall–Kier alpha value is -1.46. The Kier molecular flexibility index (Phi) is 4.22. The number of nitro groups is 1. The summed E-state index contributed by atoms with van der Waals surface area (Å²) in [6.45, 7) is 4.59. The van der Waals surface area contributed by atoms with Crippen LogP contribution in [0.4, 0.5) is 5.69 Å². The summed E-state index contributed by atoms with van der Waals surface area (Å²) in [6.07, 6.45) is 5.18. The summed E-state index contributed by atoms with van der Waals surface area (Å²) in [5.41, 5.74) is 1.28. The Labute approximate surface area is 125 Å². The number of rotatable bonds is 4. The average molecular weight is 289 g/mol. The number of non-ortho nitro benzene ring substituents is 1. The van der Waals surface area contributed by atoms with Crippen LogP contribution in [-0.4, -0.2) is 35.0 Å². The predicted octanol–water partition coefficient (Wildman–Crippen LogP) is 2.87. The molecule has 2 fully saturated rings. The van der Waals surface area contributed by atoms with Crippen LogP contribution in [0.25, 0.3) is 0 Å². The molecular weight excluding hydrogens is 266 g/mol. The molecule has 2 aliphatic rings. The lowest BCUT2D eigenvalue weighted by atomic mass is 9.97. The molecule has 0 spiro atoms. The minimum atomic E-state index is -0.348. The summed E-state index contributed by atoms with van der Waals surface area (Å²) in [5, 5.41) is 14.4. The largest absolute Gasteiger partial charge is 0.306 e. The van der Waals surface area contributed by atoms with Gasteiger partial charge in [0.25, 0.3) is 5.69 Å². The highest BCUT2D eigenvalue weighted by molar-refractivity contribution is 5.34. The van der Waals surface area contributed by atoms with E-state index in [0.29, 0.717) is 12.1 Å². The van der Waals surface area contributed by atoms with E-state index in [-0.39, 0.29) is 16.7 Å². The van der Waals surface area contributed by atoms with E-state index in [9.17, 15) is 10.1 Å². The molecule has 2 aliphatic heterocycles. The number of nitrogens with zero attached hydrogens (tertiary/aromatic N) is 2. The lowest BCUT2D eigenvalue weighted by Crippen LogP contribution is -2.45. The van der Waals surface area contributed by atoms with Crippen LogP contribution in [0.2, 0.25) is 0 Å². The molecule has 5 nitrogen and oxygen atoms in total. The van der Waals surface area contributed by atoms with E-state index in [2.05, 4.69) is 17.1 Å². The highest BCUT2D eigenvalue weighted by Crippen LogP contribution is 2.29. The standard InChI is InChI=1S/C16H23N3O2/c1-12(13-5-7-14(8-6-13)19(20)21)17-15-9-11-18-10-3-2-4-16(15)18/h5-8,12,15-17H,2-4,9-11H2,1H3. The number of hydrogen-bond donors (Lipinski definition) is 1. The molecule has 1 aromatic rings. The van der Waals surface area contributed by atoms with Crippen LogP contribution in [0.1, 0.15) is 44.2 Å². The van der Waals surface area contributed by atoms with Crippen LogP contribution in [0, 0.1) is 10.1 Å². The van der Waals surface area contributed by atoms with Gasteiger partial charge in [0.1, 0.15) is 0 Å². The van der Waals surface area contributed by atoms with Crippen molar-refractivity contribution in [3.8, 4) is 0 Å². The maximum absolute atomic E-state index is 10.7. The predicted molar refractivity (Wildman–Crippen MR) is 82.3 cm³/mol. The summed E-state index contributed by atoms with van der Waals surface area (Å²) in [5.74, 6) is 0. The number of benzene rings is 1. The van der Waals surface area contributed by atoms with Gasteiger partial charge in [-0.25, -0.2) is 0 Å². The van der Waals surface area contributed by atoms with Crippen molar-refractivity contribution in [2.75, 3.05) is 13.1 Å². The minimum absolute atomic E-state index is 0.158. The second-order valence-corrected chi connectivity index (χ2v) is 6.23. The molecule has 1 N–H and O–H groups in total. The van der Waals surface area contributed by atoms with E-state index in [1.54, 1.807) is 12.1 Å². The Morgan fingerprint density at radius 3 is 2.71 bits per heavy atom. The van der Waals surface area contributed by atoms with Gasteiger partial charge in [0, 0.05) is 36.8 Å². The first-order valence-corrected chi connectivity index (χ1v) is 7.89. The third kappa shape index (κ3) is 3.09. The van der Waals surface area contributed by atoms with Gasteiger partial charge in [-0.2, -0.15) is 0 Å².